The van der Waals surface area contributed by atoms with Crippen LogP contribution >= 0.6 is 0 Å². The van der Waals surface area contributed by atoms with E-state index in [1.807, 2.05) is 0 Å². The molecule has 0 heterocycles. The van der Waals surface area contributed by atoms with E-state index in [9.17, 15) is 0 Å². The molecule has 2 aliphatic rings. The van der Waals surface area contributed by atoms with Crippen LogP contribution in [0.15, 0.2) is 47.5 Å². The summed E-state index contributed by atoms with van der Waals surface area (Å²) in [6.07, 6.45) is 13.2. The molecule has 0 spiro atoms. The molecule has 2 atom stereocenters. The molecule has 2 heteroatoms. The molecule has 2 aromatic rings. The summed E-state index contributed by atoms with van der Waals surface area (Å²) in [7, 11) is 0. The van der Waals surface area contributed by atoms with Crippen molar-refractivity contribution in [2.45, 2.75) is 95.9 Å². The van der Waals surface area contributed by atoms with Crippen molar-refractivity contribution >= 4 is 18.4 Å². The van der Waals surface area contributed by atoms with E-state index in [0.717, 1.165) is 12.8 Å². The van der Waals surface area contributed by atoms with Gasteiger partial charge in [-0.3, -0.25) is 0 Å². The van der Waals surface area contributed by atoms with Crippen LogP contribution in [0.4, 0.5) is 0 Å². The first-order valence-corrected chi connectivity index (χ1v) is 33.0. The molecule has 2 aromatic carbocycles. The van der Waals surface area contributed by atoms with Gasteiger partial charge in [-0.1, -0.05) is 0 Å². The number of allylic oxidation sites excluding steroid dienone is 2. The van der Waals surface area contributed by atoms with Crippen molar-refractivity contribution in [3.05, 3.63) is 80.9 Å². The number of hydrogen-bond donors (Lipinski definition) is 0. The van der Waals surface area contributed by atoms with Crippen LogP contribution in [0.2, 0.25) is 15.4 Å². The summed E-state index contributed by atoms with van der Waals surface area (Å²) < 4.78 is 7.27. The second-order valence-electron chi connectivity index (χ2n) is 11.6. The molecule has 182 valence electrons. The molecule has 0 fully saturated rings. The van der Waals surface area contributed by atoms with E-state index in [1.165, 1.54) is 31.7 Å². The number of fused-ring (bicyclic) bond motifs is 2. The summed E-state index contributed by atoms with van der Waals surface area (Å²) in [5.41, 5.74) is 13.2. The minimum absolute atomic E-state index is 0.470. The molecule has 4 rings (SSSR count). The molecule has 0 N–H and O–H groups in total. The van der Waals surface area contributed by atoms with Gasteiger partial charge in [0, 0.05) is 0 Å². The van der Waals surface area contributed by atoms with E-state index in [2.05, 4.69) is 92.5 Å². The van der Waals surface area contributed by atoms with Crippen LogP contribution < -0.4 is 0 Å². The summed E-state index contributed by atoms with van der Waals surface area (Å²) in [4.78, 5) is 0. The average molecular weight is 637 g/mol. The van der Waals surface area contributed by atoms with Crippen LogP contribution in [0, 0.1) is 0 Å². The van der Waals surface area contributed by atoms with Gasteiger partial charge in [0.15, 0.2) is 0 Å². The fourth-order valence-corrected chi connectivity index (χ4v) is 53.7. The third-order valence-corrected chi connectivity index (χ3v) is 51.6. The Morgan fingerprint density at radius 3 is 1.53 bits per heavy atom. The van der Waals surface area contributed by atoms with Gasteiger partial charge in [-0.05, 0) is 0 Å². The Labute approximate surface area is 211 Å². The number of benzene rings is 2. The summed E-state index contributed by atoms with van der Waals surface area (Å²) in [5, 5.41) is 0. The predicted octanol–water partition coefficient (Wildman–Crippen LogP) is 9.56. The topological polar surface area (TPSA) is 0 Å². The molecule has 0 saturated carbocycles. The number of hydrogen-bond acceptors (Lipinski definition) is 0. The Hall–Kier alpha value is -0.993. The second-order valence-corrected chi connectivity index (χ2v) is 55.7. The molecule has 2 aliphatic carbocycles. The standard InChI is InChI=1S/2C13H15.C4H10Si.2CH3.Hf/c2*1-3-10-8-12-7-5-6-11(4-2)13(12)9-10;1-2-3-4-5;;;/h2*5-9H,3-4H2,1-2H3;5H,2-4H2,1H3;2*1H3;. The van der Waals surface area contributed by atoms with Crippen LogP contribution in [0.25, 0.3) is 12.2 Å². The van der Waals surface area contributed by atoms with Gasteiger partial charge in [-0.25, -0.2) is 0 Å². The van der Waals surface area contributed by atoms with Crippen LogP contribution in [0.5, 0.6) is 0 Å². The molecular formula is C32H46HfSi. The minimum atomic E-state index is -3.59. The van der Waals surface area contributed by atoms with Crippen molar-refractivity contribution in [2.75, 3.05) is 0 Å². The van der Waals surface area contributed by atoms with E-state index in [0.29, 0.717) is 13.6 Å². The van der Waals surface area contributed by atoms with Crippen molar-refractivity contribution in [1.29, 1.82) is 0 Å². The molecule has 2 unspecified atom stereocenters. The van der Waals surface area contributed by atoms with E-state index < -0.39 is 17.1 Å². The average Bonchev–Trinajstić information content (AvgIpc) is 3.43. The fourth-order valence-electron chi connectivity index (χ4n) is 7.60. The number of unbranched alkanes of at least 4 members (excludes halogenated alkanes) is 1. The molecule has 0 aliphatic heterocycles. The maximum absolute atomic E-state index is 3.59. The van der Waals surface area contributed by atoms with Crippen LogP contribution in [-0.2, 0) is 30.0 Å². The summed E-state index contributed by atoms with van der Waals surface area (Å²) in [6, 6.07) is 16.0. The Kier molecular flexibility index (Phi) is 7.80. The summed E-state index contributed by atoms with van der Waals surface area (Å²) in [5.74, 6) is 0. The fraction of sp³-hybridized carbons (Fsp3) is 0.500. The summed E-state index contributed by atoms with van der Waals surface area (Å²) >= 11 is -3.59. The Morgan fingerprint density at radius 2 is 1.15 bits per heavy atom. The third kappa shape index (κ3) is 4.15. The Bertz CT molecular complexity index is 1120. The van der Waals surface area contributed by atoms with Crippen LogP contribution in [0.1, 0.15) is 101 Å². The van der Waals surface area contributed by atoms with Gasteiger partial charge in [0.25, 0.3) is 0 Å². The third-order valence-electron chi connectivity index (χ3n) is 9.23. The molecule has 0 aromatic heterocycles. The van der Waals surface area contributed by atoms with Crippen molar-refractivity contribution in [3.8, 4) is 0 Å². The van der Waals surface area contributed by atoms with E-state index in [1.54, 1.807) is 44.5 Å². The van der Waals surface area contributed by atoms with Gasteiger partial charge in [0.05, 0.1) is 0 Å². The molecular weight excluding hydrogens is 591 g/mol. The van der Waals surface area contributed by atoms with Crippen LogP contribution in [-0.4, -0.2) is 6.22 Å². The van der Waals surface area contributed by atoms with Crippen molar-refractivity contribution in [1.82, 2.24) is 0 Å². The zero-order valence-electron chi connectivity index (χ0n) is 22.8. The van der Waals surface area contributed by atoms with E-state index in [4.69, 9.17) is 0 Å². The molecule has 0 nitrogen and oxygen atoms in total. The molecule has 0 bridgehead atoms. The van der Waals surface area contributed by atoms with Crippen molar-refractivity contribution in [3.63, 3.8) is 0 Å². The van der Waals surface area contributed by atoms with E-state index >= 15 is 0 Å². The first kappa shape index (κ1) is 26.1. The van der Waals surface area contributed by atoms with Gasteiger partial charge >= 0.3 is 212 Å². The van der Waals surface area contributed by atoms with Crippen LogP contribution in [0.3, 0.4) is 0 Å². The first-order chi connectivity index (χ1) is 16.3. The SMILES string of the molecule is CCCC[SiH]=[Hf]([CH3])([CH3])([CH]1C(CC)=Cc2c(CC)cccc21)[CH]1C(CC)=Cc2c(CC)cccc21. The van der Waals surface area contributed by atoms with E-state index in [-0.39, 0.29) is 0 Å². The van der Waals surface area contributed by atoms with Gasteiger partial charge in [-0.2, -0.15) is 0 Å². The molecule has 34 heavy (non-hydrogen) atoms. The number of aryl methyl sites for hydroxylation is 2. The predicted molar refractivity (Wildman–Crippen MR) is 152 cm³/mol. The van der Waals surface area contributed by atoms with Crippen molar-refractivity contribution < 1.29 is 17.1 Å². The Balaban J connectivity index is 2.03. The quantitative estimate of drug-likeness (QED) is 0.190. The van der Waals surface area contributed by atoms with Crippen molar-refractivity contribution in [2.24, 2.45) is 0 Å². The normalized spacial score (nSPS) is 19.5. The zero-order valence-corrected chi connectivity index (χ0v) is 27.5. The Morgan fingerprint density at radius 1 is 0.676 bits per heavy atom. The summed E-state index contributed by atoms with van der Waals surface area (Å²) in [6.45, 7) is 11.9. The zero-order chi connectivity index (χ0) is 24.5. The molecule has 0 saturated heterocycles. The molecule has 0 amide bonds. The first-order valence-electron chi connectivity index (χ1n) is 14.0. The van der Waals surface area contributed by atoms with Gasteiger partial charge < -0.3 is 0 Å². The maximum atomic E-state index is 2.92. The monoisotopic (exact) mass is 638 g/mol. The second kappa shape index (κ2) is 10.2. The van der Waals surface area contributed by atoms with Gasteiger partial charge in [0.2, 0.25) is 0 Å². The number of rotatable bonds is 9. The van der Waals surface area contributed by atoms with Gasteiger partial charge in [0.1, 0.15) is 0 Å². The molecule has 0 radical (unpaired) electrons. The van der Waals surface area contributed by atoms with Gasteiger partial charge in [-0.15, -0.1) is 0 Å².